The van der Waals surface area contributed by atoms with Crippen molar-refractivity contribution in [2.24, 2.45) is 0 Å². The third-order valence-corrected chi connectivity index (χ3v) is 3.27. The predicted molar refractivity (Wildman–Crippen MR) is 83.2 cm³/mol. The van der Waals surface area contributed by atoms with E-state index in [4.69, 9.17) is 11.6 Å². The lowest BCUT2D eigenvalue weighted by molar-refractivity contribution is 0.632. The molecule has 0 spiro atoms. The fourth-order valence-corrected chi connectivity index (χ4v) is 1.96. The van der Waals surface area contributed by atoms with Gasteiger partial charge in [-0.1, -0.05) is 18.5 Å². The quantitative estimate of drug-likeness (QED) is 0.819. The Labute approximate surface area is 129 Å². The van der Waals surface area contributed by atoms with Crippen molar-refractivity contribution < 1.29 is 4.39 Å². The minimum atomic E-state index is -0.400. The van der Waals surface area contributed by atoms with Crippen LogP contribution in [0.4, 0.5) is 21.8 Å². The van der Waals surface area contributed by atoms with E-state index >= 15 is 0 Å². The van der Waals surface area contributed by atoms with Crippen LogP contribution >= 0.6 is 27.5 Å². The molecule has 2 N–H and O–H groups in total. The highest BCUT2D eigenvalue weighted by atomic mass is 79.9. The van der Waals surface area contributed by atoms with Gasteiger partial charge in [0.05, 0.1) is 10.2 Å². The van der Waals surface area contributed by atoms with Gasteiger partial charge < -0.3 is 10.6 Å². The second kappa shape index (κ2) is 6.85. The maximum atomic E-state index is 13.7. The lowest BCUT2D eigenvalue weighted by atomic mass is 10.3. The van der Waals surface area contributed by atoms with Gasteiger partial charge in [0, 0.05) is 17.8 Å². The van der Waals surface area contributed by atoms with Crippen molar-refractivity contribution in [3.05, 3.63) is 39.7 Å². The van der Waals surface area contributed by atoms with E-state index in [1.165, 1.54) is 18.2 Å². The number of nitrogens with one attached hydrogen (secondary N) is 2. The van der Waals surface area contributed by atoms with Gasteiger partial charge in [0.25, 0.3) is 0 Å². The van der Waals surface area contributed by atoms with E-state index in [-0.39, 0.29) is 5.69 Å². The van der Waals surface area contributed by atoms with Crippen LogP contribution in [0.5, 0.6) is 0 Å². The van der Waals surface area contributed by atoms with Crippen molar-refractivity contribution in [3.63, 3.8) is 0 Å². The van der Waals surface area contributed by atoms with Gasteiger partial charge in [0.1, 0.15) is 11.6 Å². The summed E-state index contributed by atoms with van der Waals surface area (Å²) in [5.41, 5.74) is 0.262. The maximum absolute atomic E-state index is 13.7. The lowest BCUT2D eigenvalue weighted by Gasteiger charge is -2.10. The number of anilines is 3. The average Bonchev–Trinajstić information content (AvgIpc) is 2.43. The number of hydrogen-bond donors (Lipinski definition) is 2. The highest BCUT2D eigenvalue weighted by Gasteiger charge is 2.09. The fraction of sp³-hybridized carbons (Fsp3) is 0.231. The van der Waals surface area contributed by atoms with Crippen LogP contribution in [0.3, 0.4) is 0 Å². The molecule has 1 heterocycles. The maximum Gasteiger partial charge on any atom is 0.224 e. The Kier molecular flexibility index (Phi) is 5.14. The number of benzene rings is 1. The first-order valence-electron chi connectivity index (χ1n) is 6.08. The second-order valence-corrected chi connectivity index (χ2v) is 5.36. The summed E-state index contributed by atoms with van der Waals surface area (Å²) in [5.74, 6) is 0.558. The summed E-state index contributed by atoms with van der Waals surface area (Å²) in [6.07, 6.45) is 2.57. The van der Waals surface area contributed by atoms with E-state index in [9.17, 15) is 4.39 Å². The number of hydrogen-bond acceptors (Lipinski definition) is 4. The standard InChI is InChI=1S/C13H13BrClFN4/c1-2-5-17-13-18-7-9(14)12(20-13)19-11-6-8(15)3-4-10(11)16/h3-4,6-7H,2,5H2,1H3,(H2,17,18,19,20). The van der Waals surface area contributed by atoms with E-state index in [2.05, 4.69) is 36.5 Å². The summed E-state index contributed by atoms with van der Waals surface area (Å²) < 4.78 is 14.3. The Morgan fingerprint density at radius 1 is 1.40 bits per heavy atom. The Hall–Kier alpha value is -1.40. The smallest absolute Gasteiger partial charge is 0.224 e. The van der Waals surface area contributed by atoms with Gasteiger partial charge >= 0.3 is 0 Å². The third-order valence-electron chi connectivity index (χ3n) is 2.46. The molecule has 0 saturated heterocycles. The summed E-state index contributed by atoms with van der Waals surface area (Å²) in [7, 11) is 0. The van der Waals surface area contributed by atoms with Gasteiger partial charge in [0.2, 0.25) is 5.95 Å². The molecule has 0 saturated carbocycles. The topological polar surface area (TPSA) is 49.8 Å². The van der Waals surface area contributed by atoms with Crippen molar-refractivity contribution in [2.45, 2.75) is 13.3 Å². The van der Waals surface area contributed by atoms with Crippen LogP contribution in [-0.4, -0.2) is 16.5 Å². The van der Waals surface area contributed by atoms with Crippen LogP contribution in [0.1, 0.15) is 13.3 Å². The zero-order chi connectivity index (χ0) is 14.5. The van der Waals surface area contributed by atoms with Crippen LogP contribution in [0.15, 0.2) is 28.9 Å². The Balaban J connectivity index is 2.25. The first-order chi connectivity index (χ1) is 9.60. The summed E-state index contributed by atoms with van der Waals surface area (Å²) >= 11 is 9.19. The van der Waals surface area contributed by atoms with Crippen LogP contribution < -0.4 is 10.6 Å². The second-order valence-electron chi connectivity index (χ2n) is 4.07. The first-order valence-corrected chi connectivity index (χ1v) is 7.25. The van der Waals surface area contributed by atoms with E-state index < -0.39 is 5.82 Å². The van der Waals surface area contributed by atoms with Crippen molar-refractivity contribution >= 4 is 45.0 Å². The molecule has 1 aromatic carbocycles. The summed E-state index contributed by atoms with van der Waals surface area (Å²) in [6.45, 7) is 2.82. The highest BCUT2D eigenvalue weighted by molar-refractivity contribution is 9.10. The van der Waals surface area contributed by atoms with Crippen molar-refractivity contribution in [1.82, 2.24) is 9.97 Å². The predicted octanol–water partition coefficient (Wildman–Crippen LogP) is 4.60. The van der Waals surface area contributed by atoms with Crippen molar-refractivity contribution in [1.29, 1.82) is 0 Å². The molecular weight excluding hydrogens is 347 g/mol. The van der Waals surface area contributed by atoms with Gasteiger partial charge in [-0.05, 0) is 40.5 Å². The molecule has 0 unspecified atom stereocenters. The molecule has 0 aliphatic carbocycles. The Morgan fingerprint density at radius 3 is 2.95 bits per heavy atom. The molecule has 106 valence electrons. The fourth-order valence-electron chi connectivity index (χ4n) is 1.50. The Bertz CT molecular complexity index is 609. The largest absolute Gasteiger partial charge is 0.354 e. The molecule has 2 rings (SSSR count). The number of aromatic nitrogens is 2. The summed E-state index contributed by atoms with van der Waals surface area (Å²) in [4.78, 5) is 8.42. The molecular formula is C13H13BrClFN4. The average molecular weight is 360 g/mol. The summed E-state index contributed by atoms with van der Waals surface area (Å²) in [5, 5.41) is 6.42. The van der Waals surface area contributed by atoms with Crippen molar-refractivity contribution in [3.8, 4) is 0 Å². The molecule has 0 aliphatic heterocycles. The normalized spacial score (nSPS) is 10.4. The molecule has 4 nitrogen and oxygen atoms in total. The molecule has 20 heavy (non-hydrogen) atoms. The van der Waals surface area contributed by atoms with E-state index in [1.807, 2.05) is 6.92 Å². The Morgan fingerprint density at radius 2 is 2.20 bits per heavy atom. The highest BCUT2D eigenvalue weighted by Crippen LogP contribution is 2.27. The SMILES string of the molecule is CCCNc1ncc(Br)c(Nc2cc(Cl)ccc2F)n1. The minimum absolute atomic E-state index is 0.262. The van der Waals surface area contributed by atoms with Gasteiger partial charge in [-0.2, -0.15) is 4.98 Å². The van der Waals surface area contributed by atoms with E-state index in [0.717, 1.165) is 13.0 Å². The lowest BCUT2D eigenvalue weighted by Crippen LogP contribution is -2.06. The third kappa shape index (κ3) is 3.80. The van der Waals surface area contributed by atoms with Crippen LogP contribution in [0.2, 0.25) is 5.02 Å². The van der Waals surface area contributed by atoms with Crippen LogP contribution in [0.25, 0.3) is 0 Å². The van der Waals surface area contributed by atoms with Crippen LogP contribution in [-0.2, 0) is 0 Å². The molecule has 0 atom stereocenters. The minimum Gasteiger partial charge on any atom is -0.354 e. The molecule has 7 heteroatoms. The molecule has 0 bridgehead atoms. The molecule has 0 radical (unpaired) electrons. The zero-order valence-corrected chi connectivity index (χ0v) is 13.1. The molecule has 1 aromatic heterocycles. The van der Waals surface area contributed by atoms with Crippen molar-refractivity contribution in [2.75, 3.05) is 17.2 Å². The van der Waals surface area contributed by atoms with Gasteiger partial charge in [0.15, 0.2) is 0 Å². The molecule has 2 aromatic rings. The van der Waals surface area contributed by atoms with E-state index in [0.29, 0.717) is 21.3 Å². The zero-order valence-electron chi connectivity index (χ0n) is 10.8. The monoisotopic (exact) mass is 358 g/mol. The summed E-state index contributed by atoms with van der Waals surface area (Å²) in [6, 6.07) is 4.30. The number of rotatable bonds is 5. The van der Waals surface area contributed by atoms with Gasteiger partial charge in [-0.15, -0.1) is 0 Å². The van der Waals surface area contributed by atoms with Gasteiger partial charge in [-0.25, -0.2) is 9.37 Å². The molecule has 0 amide bonds. The van der Waals surface area contributed by atoms with Crippen LogP contribution in [0, 0.1) is 5.82 Å². The molecule has 0 aliphatic rings. The number of halogens is 3. The first kappa shape index (κ1) is 15.0. The van der Waals surface area contributed by atoms with Gasteiger partial charge in [-0.3, -0.25) is 0 Å². The molecule has 0 fully saturated rings. The van der Waals surface area contributed by atoms with E-state index in [1.54, 1.807) is 6.20 Å². The number of nitrogens with zero attached hydrogens (tertiary/aromatic N) is 2.